The second kappa shape index (κ2) is 6.70. The molecule has 48 valence electrons. The molecule has 0 aromatic carbocycles. The number of allylic oxidation sites excluding steroid dienone is 2. The van der Waals surface area contributed by atoms with E-state index in [-0.39, 0.29) is 6.61 Å². The third-order valence-corrected chi connectivity index (χ3v) is 0.908. The summed E-state index contributed by atoms with van der Waals surface area (Å²) in [4.78, 5) is 0. The Morgan fingerprint density at radius 3 is 1.88 bits per heavy atom. The molecule has 0 saturated carbocycles. The van der Waals surface area contributed by atoms with Crippen LogP contribution in [0.25, 0.3) is 0 Å². The number of rotatable bonds is 0. The predicted molar refractivity (Wildman–Crippen MR) is 35.8 cm³/mol. The first kappa shape index (κ1) is 7.70. The molecule has 0 unspecified atom stereocenters. The Labute approximate surface area is 51.0 Å². The van der Waals surface area contributed by atoms with Gasteiger partial charge in [0.05, 0.1) is 0 Å². The molecule has 1 aliphatic carbocycles. The standard InChI is InChI=1S/C5H8.C2H6O/c1-2-4-5-3-1;1-2-3/h1-2H,3-5H2;3H,2H2,1H3. The first-order chi connectivity index (χ1) is 3.91. The summed E-state index contributed by atoms with van der Waals surface area (Å²) in [6.45, 7) is 1.93. The highest BCUT2D eigenvalue weighted by Gasteiger charge is 1.84. The van der Waals surface area contributed by atoms with Crippen LogP contribution in [0.1, 0.15) is 26.2 Å². The molecule has 0 aromatic heterocycles. The Morgan fingerprint density at radius 2 is 1.75 bits per heavy atom. The monoisotopic (exact) mass is 114 g/mol. The molecular weight excluding hydrogens is 100 g/mol. The lowest BCUT2D eigenvalue weighted by Gasteiger charge is -1.69. The van der Waals surface area contributed by atoms with Gasteiger partial charge in [0.2, 0.25) is 0 Å². The maximum Gasteiger partial charge on any atom is 0.0402 e. The van der Waals surface area contributed by atoms with Crippen molar-refractivity contribution in [2.75, 3.05) is 6.61 Å². The van der Waals surface area contributed by atoms with Crippen LogP contribution in [0, 0.1) is 0 Å². The van der Waals surface area contributed by atoms with Gasteiger partial charge in [-0.25, -0.2) is 0 Å². The first-order valence-electron chi connectivity index (χ1n) is 3.17. The van der Waals surface area contributed by atoms with E-state index in [1.165, 1.54) is 19.3 Å². The molecule has 1 aliphatic rings. The summed E-state index contributed by atoms with van der Waals surface area (Å²) < 4.78 is 0. The summed E-state index contributed by atoms with van der Waals surface area (Å²) in [5, 5.41) is 7.57. The van der Waals surface area contributed by atoms with Gasteiger partial charge in [0.25, 0.3) is 0 Å². The van der Waals surface area contributed by atoms with Crippen LogP contribution in [0.2, 0.25) is 0 Å². The molecule has 1 nitrogen and oxygen atoms in total. The molecular formula is C7H14O. The minimum atomic E-state index is 0.250. The number of aliphatic hydroxyl groups excluding tert-OH is 1. The van der Waals surface area contributed by atoms with Gasteiger partial charge in [0, 0.05) is 6.61 Å². The molecule has 0 heterocycles. The van der Waals surface area contributed by atoms with Crippen LogP contribution in [0.4, 0.5) is 0 Å². The van der Waals surface area contributed by atoms with E-state index in [0.717, 1.165) is 0 Å². The molecule has 0 aromatic rings. The number of hydrogen-bond acceptors (Lipinski definition) is 1. The normalized spacial score (nSPS) is 15.2. The van der Waals surface area contributed by atoms with E-state index in [1.54, 1.807) is 6.92 Å². The zero-order valence-corrected chi connectivity index (χ0v) is 5.43. The summed E-state index contributed by atoms with van der Waals surface area (Å²) in [6.07, 6.45) is 8.50. The largest absolute Gasteiger partial charge is 0.397 e. The maximum absolute atomic E-state index is 7.57. The molecule has 1 rings (SSSR count). The molecule has 0 saturated heterocycles. The van der Waals surface area contributed by atoms with E-state index in [4.69, 9.17) is 5.11 Å². The van der Waals surface area contributed by atoms with Gasteiger partial charge in [-0.1, -0.05) is 12.2 Å². The van der Waals surface area contributed by atoms with Gasteiger partial charge in [-0.2, -0.15) is 0 Å². The Kier molecular flexibility index (Phi) is 6.45. The van der Waals surface area contributed by atoms with Crippen molar-refractivity contribution in [3.8, 4) is 0 Å². The van der Waals surface area contributed by atoms with Crippen LogP contribution in [0.3, 0.4) is 0 Å². The summed E-state index contributed by atoms with van der Waals surface area (Å²) in [5.74, 6) is 0. The van der Waals surface area contributed by atoms with Crippen LogP contribution in [-0.4, -0.2) is 11.7 Å². The molecule has 1 heteroatoms. The van der Waals surface area contributed by atoms with Crippen LogP contribution >= 0.6 is 0 Å². The van der Waals surface area contributed by atoms with Crippen LogP contribution < -0.4 is 0 Å². The predicted octanol–water partition coefficient (Wildman–Crippen LogP) is 1.73. The van der Waals surface area contributed by atoms with Crippen molar-refractivity contribution in [2.45, 2.75) is 26.2 Å². The maximum atomic E-state index is 7.57. The smallest absolute Gasteiger partial charge is 0.0402 e. The SMILES string of the molecule is C1=CCCC1.CCO. The number of hydrogen-bond donors (Lipinski definition) is 1. The van der Waals surface area contributed by atoms with Crippen LogP contribution in [0.15, 0.2) is 12.2 Å². The molecule has 8 heavy (non-hydrogen) atoms. The van der Waals surface area contributed by atoms with Gasteiger partial charge in [-0.15, -0.1) is 0 Å². The van der Waals surface area contributed by atoms with Gasteiger partial charge in [0.1, 0.15) is 0 Å². The van der Waals surface area contributed by atoms with Crippen molar-refractivity contribution in [1.29, 1.82) is 0 Å². The zero-order chi connectivity index (χ0) is 6.24. The quantitative estimate of drug-likeness (QED) is 0.475. The van der Waals surface area contributed by atoms with Crippen molar-refractivity contribution in [1.82, 2.24) is 0 Å². The van der Waals surface area contributed by atoms with Crippen LogP contribution in [0.5, 0.6) is 0 Å². The third kappa shape index (κ3) is 5.70. The van der Waals surface area contributed by atoms with Gasteiger partial charge in [-0.05, 0) is 26.2 Å². The minimum Gasteiger partial charge on any atom is -0.397 e. The van der Waals surface area contributed by atoms with Crippen LogP contribution in [-0.2, 0) is 0 Å². The number of aliphatic hydroxyl groups is 1. The first-order valence-corrected chi connectivity index (χ1v) is 3.17. The van der Waals surface area contributed by atoms with Crippen molar-refractivity contribution >= 4 is 0 Å². The van der Waals surface area contributed by atoms with E-state index < -0.39 is 0 Å². The summed E-state index contributed by atoms with van der Waals surface area (Å²) in [7, 11) is 0. The van der Waals surface area contributed by atoms with Crippen molar-refractivity contribution in [3.05, 3.63) is 12.2 Å². The molecule has 0 fully saturated rings. The molecule has 1 N–H and O–H groups in total. The van der Waals surface area contributed by atoms with Gasteiger partial charge in [0.15, 0.2) is 0 Å². The van der Waals surface area contributed by atoms with Gasteiger partial charge < -0.3 is 5.11 Å². The summed E-state index contributed by atoms with van der Waals surface area (Å²) >= 11 is 0. The molecule has 0 amide bonds. The second-order valence-corrected chi connectivity index (χ2v) is 1.72. The Balaban J connectivity index is 0.000000145. The lowest BCUT2D eigenvalue weighted by atomic mass is 10.4. The van der Waals surface area contributed by atoms with E-state index in [0.29, 0.717) is 0 Å². The zero-order valence-electron chi connectivity index (χ0n) is 5.43. The second-order valence-electron chi connectivity index (χ2n) is 1.72. The molecule has 0 radical (unpaired) electrons. The van der Waals surface area contributed by atoms with Crippen molar-refractivity contribution in [3.63, 3.8) is 0 Å². The van der Waals surface area contributed by atoms with Gasteiger partial charge >= 0.3 is 0 Å². The fourth-order valence-electron chi connectivity index (χ4n) is 0.589. The van der Waals surface area contributed by atoms with E-state index >= 15 is 0 Å². The highest BCUT2D eigenvalue weighted by atomic mass is 16.2. The highest BCUT2D eigenvalue weighted by Crippen LogP contribution is 2.05. The highest BCUT2D eigenvalue weighted by molar-refractivity contribution is 4.88. The fourth-order valence-corrected chi connectivity index (χ4v) is 0.589. The lowest BCUT2D eigenvalue weighted by Crippen LogP contribution is -1.57. The van der Waals surface area contributed by atoms with Crippen molar-refractivity contribution < 1.29 is 5.11 Å². The summed E-state index contributed by atoms with van der Waals surface area (Å²) in [5.41, 5.74) is 0. The fraction of sp³-hybridized carbons (Fsp3) is 0.714. The molecule has 0 spiro atoms. The third-order valence-electron chi connectivity index (χ3n) is 0.908. The van der Waals surface area contributed by atoms with E-state index in [9.17, 15) is 0 Å². The summed E-state index contributed by atoms with van der Waals surface area (Å²) in [6, 6.07) is 0. The average Bonchev–Trinajstić information content (AvgIpc) is 2.17. The van der Waals surface area contributed by atoms with Crippen molar-refractivity contribution in [2.24, 2.45) is 0 Å². The lowest BCUT2D eigenvalue weighted by molar-refractivity contribution is 0.318. The topological polar surface area (TPSA) is 20.2 Å². The van der Waals surface area contributed by atoms with Gasteiger partial charge in [-0.3, -0.25) is 0 Å². The Bertz CT molecular complexity index is 51.4. The molecule has 0 atom stereocenters. The molecule has 0 bridgehead atoms. The van der Waals surface area contributed by atoms with E-state index in [2.05, 4.69) is 12.2 Å². The Morgan fingerprint density at radius 1 is 1.38 bits per heavy atom. The average molecular weight is 114 g/mol. The van der Waals surface area contributed by atoms with E-state index in [1.807, 2.05) is 0 Å². The minimum absolute atomic E-state index is 0.250. The Hall–Kier alpha value is -0.300. The molecule has 0 aliphatic heterocycles.